The second kappa shape index (κ2) is 12.7. The number of hydrogen-bond acceptors (Lipinski definition) is 9. The third-order valence-electron chi connectivity index (χ3n) is 8.34. The third kappa shape index (κ3) is 6.16. The molecule has 6 rings (SSSR count). The first-order valence-corrected chi connectivity index (χ1v) is 14.6. The fraction of sp³-hybridized carbons (Fsp3) is 0.375. The first-order chi connectivity index (χ1) is 21.7. The molecular formula is C32H31F3N6O4. The van der Waals surface area contributed by atoms with E-state index in [0.717, 1.165) is 35.4 Å². The van der Waals surface area contributed by atoms with Crippen molar-refractivity contribution >= 4 is 22.8 Å². The van der Waals surface area contributed by atoms with Gasteiger partial charge in [-0.1, -0.05) is 6.07 Å². The number of ether oxygens (including phenoxy) is 3. The maximum absolute atomic E-state index is 14.9. The van der Waals surface area contributed by atoms with Crippen LogP contribution in [0.4, 0.5) is 19.0 Å². The summed E-state index contributed by atoms with van der Waals surface area (Å²) in [5.41, 5.74) is 2.27. The molecule has 4 heterocycles. The molecule has 234 valence electrons. The SMILES string of the molecule is COC(=O)c1ccc2nc(C(C)N3CCN(c4nc(OCc5ccc(C#N)cc5F)c(F)cc4F)CC3)n(C[C@@H]3CCO3)c2c1. The van der Waals surface area contributed by atoms with Crippen LogP contribution in [-0.2, 0) is 22.6 Å². The fourth-order valence-corrected chi connectivity index (χ4v) is 5.66. The summed E-state index contributed by atoms with van der Waals surface area (Å²) in [4.78, 5) is 25.2. The number of hydrogen-bond donors (Lipinski definition) is 0. The van der Waals surface area contributed by atoms with E-state index < -0.39 is 29.3 Å². The average molecular weight is 621 g/mol. The Bertz CT molecular complexity index is 1780. The lowest BCUT2D eigenvalue weighted by Gasteiger charge is -2.38. The number of esters is 1. The van der Waals surface area contributed by atoms with Crippen LogP contribution in [0.2, 0.25) is 0 Å². The van der Waals surface area contributed by atoms with Crippen molar-refractivity contribution in [2.24, 2.45) is 0 Å². The van der Waals surface area contributed by atoms with Crippen LogP contribution in [0.3, 0.4) is 0 Å². The van der Waals surface area contributed by atoms with Crippen LogP contribution in [0.15, 0.2) is 42.5 Å². The topological polar surface area (TPSA) is 106 Å². The highest BCUT2D eigenvalue weighted by Gasteiger charge is 2.30. The van der Waals surface area contributed by atoms with Gasteiger partial charge in [0, 0.05) is 44.4 Å². The van der Waals surface area contributed by atoms with Crippen molar-refractivity contribution in [3.8, 4) is 11.9 Å². The van der Waals surface area contributed by atoms with E-state index in [9.17, 15) is 18.0 Å². The van der Waals surface area contributed by atoms with Gasteiger partial charge in [0.2, 0.25) is 0 Å². The number of imidazole rings is 1. The van der Waals surface area contributed by atoms with Crippen molar-refractivity contribution in [1.29, 1.82) is 5.26 Å². The molecule has 2 aromatic carbocycles. The van der Waals surface area contributed by atoms with E-state index >= 15 is 0 Å². The van der Waals surface area contributed by atoms with Gasteiger partial charge >= 0.3 is 5.97 Å². The zero-order chi connectivity index (χ0) is 31.7. The number of benzene rings is 2. The van der Waals surface area contributed by atoms with E-state index in [-0.39, 0.29) is 35.7 Å². The Morgan fingerprint density at radius 1 is 1.07 bits per heavy atom. The normalized spacial score (nSPS) is 17.5. The van der Waals surface area contributed by atoms with Crippen molar-refractivity contribution in [1.82, 2.24) is 19.4 Å². The first kappa shape index (κ1) is 30.4. The number of pyridine rings is 1. The van der Waals surface area contributed by atoms with Gasteiger partial charge in [0.25, 0.3) is 5.88 Å². The molecule has 2 aromatic heterocycles. The molecule has 2 saturated heterocycles. The Hall–Kier alpha value is -4.67. The zero-order valence-electron chi connectivity index (χ0n) is 24.8. The van der Waals surface area contributed by atoms with E-state index in [0.29, 0.717) is 44.9 Å². The molecule has 0 bridgehead atoms. The minimum Gasteiger partial charge on any atom is -0.471 e. The van der Waals surface area contributed by atoms with Gasteiger partial charge in [-0.2, -0.15) is 10.2 Å². The lowest BCUT2D eigenvalue weighted by molar-refractivity contribution is -0.0594. The Morgan fingerprint density at radius 3 is 2.51 bits per heavy atom. The standard InChI is InChI=1S/C32H31F3N6O4/c1-19(29-37-27-6-5-21(32(42)43-2)14-28(27)41(29)17-23-7-12-44-23)39-8-10-40(11-9-39)30-25(34)15-26(35)31(38-30)45-18-22-4-3-20(16-36)13-24(22)33/h3-6,13-15,19,23H,7-12,17-18H2,1-2H3/t19?,23-/m0/s1. The van der Waals surface area contributed by atoms with E-state index in [1.807, 2.05) is 12.1 Å². The van der Waals surface area contributed by atoms with Crippen molar-refractivity contribution in [3.05, 3.63) is 82.4 Å². The summed E-state index contributed by atoms with van der Waals surface area (Å²) in [5, 5.41) is 8.93. The van der Waals surface area contributed by atoms with Crippen LogP contribution in [0, 0.1) is 28.8 Å². The Kier molecular flexibility index (Phi) is 8.60. The van der Waals surface area contributed by atoms with Crippen LogP contribution in [-0.4, -0.2) is 71.4 Å². The second-order valence-electron chi connectivity index (χ2n) is 11.0. The van der Waals surface area contributed by atoms with Crippen molar-refractivity contribution < 1.29 is 32.2 Å². The highest BCUT2D eigenvalue weighted by atomic mass is 19.1. The number of piperazine rings is 1. The third-order valence-corrected chi connectivity index (χ3v) is 8.34. The van der Waals surface area contributed by atoms with Crippen LogP contribution < -0.4 is 9.64 Å². The van der Waals surface area contributed by atoms with Gasteiger partial charge in [-0.05, 0) is 43.7 Å². The number of fused-ring (bicyclic) bond motifs is 1. The summed E-state index contributed by atoms with van der Waals surface area (Å²) in [6.45, 7) is 4.92. The van der Waals surface area contributed by atoms with Crippen molar-refractivity contribution in [3.63, 3.8) is 0 Å². The number of carbonyl (C=O) groups is 1. The molecule has 0 saturated carbocycles. The molecule has 4 aromatic rings. The molecule has 2 aliphatic heterocycles. The fourth-order valence-electron chi connectivity index (χ4n) is 5.66. The maximum atomic E-state index is 14.9. The van der Waals surface area contributed by atoms with Gasteiger partial charge in [0.15, 0.2) is 17.5 Å². The van der Waals surface area contributed by atoms with E-state index in [2.05, 4.69) is 21.4 Å². The number of anilines is 1. The molecule has 0 aliphatic carbocycles. The van der Waals surface area contributed by atoms with Crippen LogP contribution >= 0.6 is 0 Å². The number of methoxy groups -OCH3 is 1. The monoisotopic (exact) mass is 620 g/mol. The molecule has 1 unspecified atom stereocenters. The van der Waals surface area contributed by atoms with Crippen LogP contribution in [0.1, 0.15) is 46.7 Å². The largest absolute Gasteiger partial charge is 0.471 e. The summed E-state index contributed by atoms with van der Waals surface area (Å²) < 4.78 is 62.0. The molecular weight excluding hydrogens is 589 g/mol. The molecule has 0 amide bonds. The van der Waals surface area contributed by atoms with E-state index in [4.69, 9.17) is 24.5 Å². The van der Waals surface area contributed by atoms with E-state index in [1.165, 1.54) is 19.2 Å². The van der Waals surface area contributed by atoms with Crippen LogP contribution in [0.25, 0.3) is 11.0 Å². The molecule has 10 nitrogen and oxygen atoms in total. The average Bonchev–Trinajstić information content (AvgIpc) is 3.39. The molecule has 0 N–H and O–H groups in total. The molecule has 0 radical (unpaired) electrons. The number of nitriles is 1. The van der Waals surface area contributed by atoms with Gasteiger partial charge in [0.05, 0.1) is 54.0 Å². The zero-order valence-corrected chi connectivity index (χ0v) is 24.8. The first-order valence-electron chi connectivity index (χ1n) is 14.6. The summed E-state index contributed by atoms with van der Waals surface area (Å²) >= 11 is 0. The number of halogens is 3. The van der Waals surface area contributed by atoms with Crippen LogP contribution in [0.5, 0.6) is 5.88 Å². The lowest BCUT2D eigenvalue weighted by atomic mass is 10.1. The summed E-state index contributed by atoms with van der Waals surface area (Å²) in [6, 6.07) is 11.6. The molecule has 2 fully saturated rings. The number of rotatable bonds is 9. The molecule has 2 aliphatic rings. The van der Waals surface area contributed by atoms with Crippen molar-refractivity contribution in [2.45, 2.75) is 38.6 Å². The van der Waals surface area contributed by atoms with Gasteiger partial charge in [-0.25, -0.2) is 22.9 Å². The summed E-state index contributed by atoms with van der Waals surface area (Å²) in [7, 11) is 1.35. The predicted octanol–water partition coefficient (Wildman–Crippen LogP) is 4.76. The predicted molar refractivity (Wildman–Crippen MR) is 157 cm³/mol. The van der Waals surface area contributed by atoms with Gasteiger partial charge < -0.3 is 23.7 Å². The van der Waals surface area contributed by atoms with Gasteiger partial charge in [0.1, 0.15) is 18.2 Å². The van der Waals surface area contributed by atoms with Gasteiger partial charge in [-0.3, -0.25) is 4.90 Å². The molecule has 45 heavy (non-hydrogen) atoms. The smallest absolute Gasteiger partial charge is 0.337 e. The Morgan fingerprint density at radius 2 is 1.84 bits per heavy atom. The van der Waals surface area contributed by atoms with Crippen molar-refractivity contribution in [2.75, 3.05) is 44.8 Å². The molecule has 13 heteroatoms. The summed E-state index contributed by atoms with van der Waals surface area (Å²) in [6.07, 6.45) is 0.997. The number of nitrogens with zero attached hydrogens (tertiary/aromatic N) is 6. The Labute approximate surface area is 257 Å². The maximum Gasteiger partial charge on any atom is 0.337 e. The highest BCUT2D eigenvalue weighted by Crippen LogP contribution is 2.31. The quantitative estimate of drug-likeness (QED) is 0.245. The molecule has 0 spiro atoms. The highest BCUT2D eigenvalue weighted by molar-refractivity contribution is 5.93. The van der Waals surface area contributed by atoms with E-state index in [1.54, 1.807) is 17.0 Å². The van der Waals surface area contributed by atoms with Gasteiger partial charge in [-0.15, -0.1) is 0 Å². The lowest BCUT2D eigenvalue weighted by Crippen LogP contribution is -2.48. The summed E-state index contributed by atoms with van der Waals surface area (Å²) in [5.74, 6) is -2.58. The number of carbonyl (C=O) groups excluding carboxylic acids is 1. The Balaban J connectivity index is 1.17. The minimum atomic E-state index is -0.998. The molecule has 2 atom stereocenters. The number of aromatic nitrogens is 3. The minimum absolute atomic E-state index is 0.0521. The second-order valence-corrected chi connectivity index (χ2v) is 11.0.